The van der Waals surface area contributed by atoms with Gasteiger partial charge in [-0.1, -0.05) is 25.3 Å². The highest BCUT2D eigenvalue weighted by atomic mass is 32.1. The van der Waals surface area contributed by atoms with Crippen molar-refractivity contribution in [1.82, 2.24) is 5.32 Å². The Kier molecular flexibility index (Phi) is 6.77. The maximum absolute atomic E-state index is 5.75. The second-order valence-corrected chi connectivity index (χ2v) is 6.19. The van der Waals surface area contributed by atoms with Crippen LogP contribution in [-0.2, 0) is 11.2 Å². The first-order valence-electron chi connectivity index (χ1n) is 7.26. The van der Waals surface area contributed by atoms with Crippen LogP contribution in [0.4, 0.5) is 0 Å². The fourth-order valence-corrected chi connectivity index (χ4v) is 3.25. The summed E-state index contributed by atoms with van der Waals surface area (Å²) in [6, 6.07) is 4.32. The quantitative estimate of drug-likeness (QED) is 0.728. The third kappa shape index (κ3) is 5.51. The van der Waals surface area contributed by atoms with Gasteiger partial charge in [0.05, 0.1) is 6.61 Å². The molecule has 102 valence electrons. The Balaban J connectivity index is 1.39. The fraction of sp³-hybridized carbons (Fsp3) is 0.733. The van der Waals surface area contributed by atoms with Gasteiger partial charge in [0, 0.05) is 24.6 Å². The van der Waals surface area contributed by atoms with Crippen molar-refractivity contribution in [1.29, 1.82) is 0 Å². The molecule has 0 atom stereocenters. The zero-order chi connectivity index (χ0) is 12.5. The zero-order valence-electron chi connectivity index (χ0n) is 11.2. The normalized spacial score (nSPS) is 17.1. The highest BCUT2D eigenvalue weighted by Crippen LogP contribution is 2.23. The predicted octanol–water partition coefficient (Wildman–Crippen LogP) is 3.48. The molecule has 1 heterocycles. The number of hydrogen-bond acceptors (Lipinski definition) is 3. The van der Waals surface area contributed by atoms with E-state index >= 15 is 0 Å². The first-order valence-corrected chi connectivity index (χ1v) is 8.14. The van der Waals surface area contributed by atoms with Crippen molar-refractivity contribution in [3.63, 3.8) is 0 Å². The van der Waals surface area contributed by atoms with Crippen LogP contribution in [0.25, 0.3) is 0 Å². The molecule has 0 unspecified atom stereocenters. The van der Waals surface area contributed by atoms with Crippen LogP contribution in [0.5, 0.6) is 0 Å². The maximum atomic E-state index is 5.75. The fourth-order valence-electron chi connectivity index (χ4n) is 2.54. The third-order valence-electron chi connectivity index (χ3n) is 3.63. The van der Waals surface area contributed by atoms with Crippen molar-refractivity contribution < 1.29 is 4.74 Å². The second-order valence-electron chi connectivity index (χ2n) is 5.16. The Morgan fingerprint density at radius 1 is 1.22 bits per heavy atom. The smallest absolute Gasteiger partial charge is 0.0591 e. The number of hydrogen-bond donors (Lipinski definition) is 1. The lowest BCUT2D eigenvalue weighted by atomic mass is 9.90. The summed E-state index contributed by atoms with van der Waals surface area (Å²) in [6.45, 7) is 3.89. The van der Waals surface area contributed by atoms with Gasteiger partial charge in [-0.2, -0.15) is 0 Å². The molecule has 3 heteroatoms. The molecule has 0 amide bonds. The molecule has 2 nitrogen and oxygen atoms in total. The Labute approximate surface area is 115 Å². The van der Waals surface area contributed by atoms with Gasteiger partial charge in [0.2, 0.25) is 0 Å². The zero-order valence-corrected chi connectivity index (χ0v) is 12.0. The van der Waals surface area contributed by atoms with Crippen LogP contribution in [0.3, 0.4) is 0 Å². The van der Waals surface area contributed by atoms with Gasteiger partial charge in [-0.25, -0.2) is 0 Å². The average Bonchev–Trinajstić information content (AvgIpc) is 2.92. The minimum Gasteiger partial charge on any atom is -0.380 e. The van der Waals surface area contributed by atoms with E-state index in [4.69, 9.17) is 4.74 Å². The molecule has 1 fully saturated rings. The minimum atomic E-state index is 0.838. The number of rotatable bonds is 8. The molecule has 2 rings (SSSR count). The summed E-state index contributed by atoms with van der Waals surface area (Å²) >= 11 is 1.84. The minimum absolute atomic E-state index is 0.838. The van der Waals surface area contributed by atoms with E-state index in [-0.39, 0.29) is 0 Å². The van der Waals surface area contributed by atoms with Gasteiger partial charge >= 0.3 is 0 Å². The first-order chi connectivity index (χ1) is 8.95. The molecule has 0 bridgehead atoms. The van der Waals surface area contributed by atoms with E-state index in [1.165, 1.54) is 37.0 Å². The lowest BCUT2D eigenvalue weighted by Gasteiger charge is -2.21. The SMILES string of the molecule is c1csc(CCNCCOCC2CCCCC2)c1. The molecule has 0 aliphatic heterocycles. The standard InChI is InChI=1S/C15H25NOS/c1-2-5-14(6-3-1)13-17-11-10-16-9-8-15-7-4-12-18-15/h4,7,12,14,16H,1-3,5-6,8-11,13H2. The summed E-state index contributed by atoms with van der Waals surface area (Å²) in [6.07, 6.45) is 8.15. The number of thiophene rings is 1. The number of nitrogens with one attached hydrogen (secondary N) is 1. The average molecular weight is 267 g/mol. The summed E-state index contributed by atoms with van der Waals surface area (Å²) in [4.78, 5) is 1.46. The largest absolute Gasteiger partial charge is 0.380 e. The second kappa shape index (κ2) is 8.68. The van der Waals surface area contributed by atoms with Crippen LogP contribution in [0.15, 0.2) is 17.5 Å². The lowest BCUT2D eigenvalue weighted by Crippen LogP contribution is -2.23. The van der Waals surface area contributed by atoms with E-state index in [0.29, 0.717) is 0 Å². The van der Waals surface area contributed by atoms with Gasteiger partial charge in [0.25, 0.3) is 0 Å². The van der Waals surface area contributed by atoms with Crippen molar-refractivity contribution in [2.45, 2.75) is 38.5 Å². The number of ether oxygens (including phenoxy) is 1. The Hall–Kier alpha value is -0.380. The van der Waals surface area contributed by atoms with E-state index < -0.39 is 0 Å². The molecular formula is C15H25NOS. The van der Waals surface area contributed by atoms with Crippen LogP contribution in [0.1, 0.15) is 37.0 Å². The Bertz CT molecular complexity index is 293. The molecule has 0 saturated heterocycles. The van der Waals surface area contributed by atoms with Gasteiger partial charge in [-0.05, 0) is 36.6 Å². The predicted molar refractivity (Wildman–Crippen MR) is 78.3 cm³/mol. The summed E-state index contributed by atoms with van der Waals surface area (Å²) < 4.78 is 5.75. The van der Waals surface area contributed by atoms with Crippen LogP contribution in [0.2, 0.25) is 0 Å². The van der Waals surface area contributed by atoms with Crippen molar-refractivity contribution in [3.05, 3.63) is 22.4 Å². The molecule has 0 radical (unpaired) electrons. The Morgan fingerprint density at radius 3 is 2.89 bits per heavy atom. The van der Waals surface area contributed by atoms with E-state index in [1.807, 2.05) is 11.3 Å². The summed E-state index contributed by atoms with van der Waals surface area (Å²) in [5.41, 5.74) is 0. The van der Waals surface area contributed by atoms with Crippen LogP contribution < -0.4 is 5.32 Å². The van der Waals surface area contributed by atoms with E-state index in [1.54, 1.807) is 0 Å². The summed E-state index contributed by atoms with van der Waals surface area (Å²) in [7, 11) is 0. The van der Waals surface area contributed by atoms with Gasteiger partial charge < -0.3 is 10.1 Å². The topological polar surface area (TPSA) is 21.3 Å². The molecule has 1 aliphatic rings. The maximum Gasteiger partial charge on any atom is 0.0591 e. The van der Waals surface area contributed by atoms with Crippen LogP contribution in [-0.4, -0.2) is 26.3 Å². The van der Waals surface area contributed by atoms with Gasteiger partial charge in [-0.3, -0.25) is 0 Å². The summed E-state index contributed by atoms with van der Waals surface area (Å²) in [5.74, 6) is 0.838. The Morgan fingerprint density at radius 2 is 2.11 bits per heavy atom. The molecule has 18 heavy (non-hydrogen) atoms. The molecule has 1 aliphatic carbocycles. The molecule has 0 aromatic carbocycles. The van der Waals surface area contributed by atoms with Gasteiger partial charge in [0.1, 0.15) is 0 Å². The monoisotopic (exact) mass is 267 g/mol. The highest BCUT2D eigenvalue weighted by molar-refractivity contribution is 7.09. The highest BCUT2D eigenvalue weighted by Gasteiger charge is 2.12. The third-order valence-corrected chi connectivity index (χ3v) is 4.57. The van der Waals surface area contributed by atoms with E-state index in [9.17, 15) is 0 Å². The molecule has 1 N–H and O–H groups in total. The lowest BCUT2D eigenvalue weighted by molar-refractivity contribution is 0.0871. The van der Waals surface area contributed by atoms with E-state index in [0.717, 1.165) is 38.6 Å². The van der Waals surface area contributed by atoms with Crippen LogP contribution >= 0.6 is 11.3 Å². The van der Waals surface area contributed by atoms with Crippen molar-refractivity contribution >= 4 is 11.3 Å². The van der Waals surface area contributed by atoms with Crippen LogP contribution in [0, 0.1) is 5.92 Å². The molecule has 1 saturated carbocycles. The van der Waals surface area contributed by atoms with E-state index in [2.05, 4.69) is 22.8 Å². The molecule has 1 aromatic heterocycles. The molecule has 1 aromatic rings. The van der Waals surface area contributed by atoms with Crippen molar-refractivity contribution in [2.75, 3.05) is 26.3 Å². The van der Waals surface area contributed by atoms with Crippen molar-refractivity contribution in [2.24, 2.45) is 5.92 Å². The van der Waals surface area contributed by atoms with Gasteiger partial charge in [-0.15, -0.1) is 11.3 Å². The summed E-state index contributed by atoms with van der Waals surface area (Å²) in [5, 5.41) is 5.58. The molecular weight excluding hydrogens is 242 g/mol. The molecule has 0 spiro atoms. The van der Waals surface area contributed by atoms with Crippen molar-refractivity contribution in [3.8, 4) is 0 Å². The first kappa shape index (κ1) is 14.0. The van der Waals surface area contributed by atoms with Gasteiger partial charge in [0.15, 0.2) is 0 Å².